The summed E-state index contributed by atoms with van der Waals surface area (Å²) in [7, 11) is 0. The molecular weight excluding hydrogens is 264 g/mol. The summed E-state index contributed by atoms with van der Waals surface area (Å²) in [5.74, 6) is 0.579. The zero-order chi connectivity index (χ0) is 14.8. The molecule has 0 aromatic heterocycles. The van der Waals surface area contributed by atoms with Gasteiger partial charge in [-0.15, -0.1) is 0 Å². The van der Waals surface area contributed by atoms with Crippen molar-refractivity contribution in [1.82, 2.24) is 4.90 Å². The van der Waals surface area contributed by atoms with Gasteiger partial charge in [0, 0.05) is 31.7 Å². The van der Waals surface area contributed by atoms with Gasteiger partial charge in [-0.25, -0.2) is 0 Å². The van der Waals surface area contributed by atoms with E-state index in [-0.39, 0.29) is 12.0 Å². The van der Waals surface area contributed by atoms with E-state index in [4.69, 9.17) is 0 Å². The highest BCUT2D eigenvalue weighted by Gasteiger charge is 2.27. The summed E-state index contributed by atoms with van der Waals surface area (Å²) in [4.78, 5) is 16.6. The Hall–Kier alpha value is -1.39. The zero-order valence-electron chi connectivity index (χ0n) is 12.7. The Morgan fingerprint density at radius 3 is 2.95 bits per heavy atom. The van der Waals surface area contributed by atoms with Crippen LogP contribution < -0.4 is 4.90 Å². The molecule has 0 spiro atoms. The van der Waals surface area contributed by atoms with E-state index in [2.05, 4.69) is 17.9 Å². The van der Waals surface area contributed by atoms with Gasteiger partial charge in [-0.05, 0) is 36.9 Å². The maximum Gasteiger partial charge on any atom is 0.228 e. The number of rotatable bonds is 3. The van der Waals surface area contributed by atoms with E-state index in [1.54, 1.807) is 0 Å². The van der Waals surface area contributed by atoms with E-state index in [9.17, 15) is 9.90 Å². The van der Waals surface area contributed by atoms with Gasteiger partial charge in [-0.1, -0.05) is 25.1 Å². The molecule has 0 bridgehead atoms. The van der Waals surface area contributed by atoms with E-state index < -0.39 is 0 Å². The minimum atomic E-state index is -0.249. The lowest BCUT2D eigenvalue weighted by atomic mass is 9.96. The van der Waals surface area contributed by atoms with Crippen LogP contribution in [-0.4, -0.2) is 48.2 Å². The summed E-state index contributed by atoms with van der Waals surface area (Å²) >= 11 is 0. The largest absolute Gasteiger partial charge is 0.392 e. The predicted octanol–water partition coefficient (Wildman–Crippen LogP) is 1.67. The van der Waals surface area contributed by atoms with E-state index in [0.29, 0.717) is 18.9 Å². The Balaban J connectivity index is 1.54. The fourth-order valence-corrected chi connectivity index (χ4v) is 3.30. The molecule has 2 unspecified atom stereocenters. The topological polar surface area (TPSA) is 43.8 Å². The van der Waals surface area contributed by atoms with Gasteiger partial charge in [0.25, 0.3) is 0 Å². The summed E-state index contributed by atoms with van der Waals surface area (Å²) in [5, 5.41) is 9.92. The number of anilines is 1. The molecule has 4 nitrogen and oxygen atoms in total. The molecule has 1 N–H and O–H groups in total. The summed E-state index contributed by atoms with van der Waals surface area (Å²) in [5.41, 5.74) is 2.35. The summed E-state index contributed by atoms with van der Waals surface area (Å²) in [6, 6.07) is 8.16. The van der Waals surface area contributed by atoms with Crippen LogP contribution in [0.15, 0.2) is 24.3 Å². The van der Waals surface area contributed by atoms with Crippen molar-refractivity contribution in [1.29, 1.82) is 0 Å². The van der Waals surface area contributed by atoms with Gasteiger partial charge in [-0.2, -0.15) is 0 Å². The third-order valence-electron chi connectivity index (χ3n) is 4.83. The normalized spacial score (nSPS) is 25.9. The van der Waals surface area contributed by atoms with Gasteiger partial charge in [-0.3, -0.25) is 4.79 Å². The highest BCUT2D eigenvalue weighted by molar-refractivity contribution is 5.95. The summed E-state index contributed by atoms with van der Waals surface area (Å²) in [6.45, 7) is 5.33. The van der Waals surface area contributed by atoms with Crippen LogP contribution in [0.1, 0.15) is 25.3 Å². The van der Waals surface area contributed by atoms with Crippen LogP contribution in [-0.2, 0) is 11.2 Å². The van der Waals surface area contributed by atoms with Crippen molar-refractivity contribution in [2.45, 2.75) is 32.3 Å². The van der Waals surface area contributed by atoms with E-state index in [1.165, 1.54) is 5.56 Å². The fourth-order valence-electron chi connectivity index (χ4n) is 3.30. The first-order valence-electron chi connectivity index (χ1n) is 7.94. The van der Waals surface area contributed by atoms with Gasteiger partial charge in [0.05, 0.1) is 6.10 Å². The number of amides is 1. The molecule has 0 radical (unpaired) electrons. The van der Waals surface area contributed by atoms with Crippen LogP contribution in [0, 0.1) is 5.92 Å². The van der Waals surface area contributed by atoms with Crippen molar-refractivity contribution in [2.24, 2.45) is 5.92 Å². The van der Waals surface area contributed by atoms with Crippen molar-refractivity contribution in [3.8, 4) is 0 Å². The van der Waals surface area contributed by atoms with Crippen LogP contribution in [0.2, 0.25) is 0 Å². The van der Waals surface area contributed by atoms with Crippen molar-refractivity contribution in [2.75, 3.05) is 31.1 Å². The number of para-hydroxylation sites is 1. The molecule has 3 rings (SSSR count). The number of nitrogens with zero attached hydrogens (tertiary/aromatic N) is 2. The Labute approximate surface area is 126 Å². The predicted molar refractivity (Wildman–Crippen MR) is 83.3 cm³/mol. The molecule has 0 aliphatic carbocycles. The van der Waals surface area contributed by atoms with Gasteiger partial charge in [0.2, 0.25) is 5.91 Å². The van der Waals surface area contributed by atoms with Crippen LogP contribution in [0.25, 0.3) is 0 Å². The zero-order valence-corrected chi connectivity index (χ0v) is 12.7. The molecular formula is C17H24N2O2. The first-order valence-corrected chi connectivity index (χ1v) is 7.94. The lowest BCUT2D eigenvalue weighted by Crippen LogP contribution is -2.44. The van der Waals surface area contributed by atoms with Crippen LogP contribution >= 0.6 is 0 Å². The first kappa shape index (κ1) is 14.5. The Morgan fingerprint density at radius 1 is 1.33 bits per heavy atom. The number of fused-ring (bicyclic) bond motifs is 1. The number of carbonyl (C=O) groups excluding carboxylic acids is 1. The van der Waals surface area contributed by atoms with Crippen LogP contribution in [0.3, 0.4) is 0 Å². The molecule has 4 heteroatoms. The fraction of sp³-hybridized carbons (Fsp3) is 0.588. The maximum atomic E-state index is 12.4. The van der Waals surface area contributed by atoms with Crippen molar-refractivity contribution in [3.05, 3.63) is 29.8 Å². The molecule has 1 amide bonds. The molecule has 114 valence electrons. The number of piperidine rings is 1. The smallest absolute Gasteiger partial charge is 0.228 e. The minimum absolute atomic E-state index is 0.202. The van der Waals surface area contributed by atoms with E-state index in [0.717, 1.165) is 38.2 Å². The lowest BCUT2D eigenvalue weighted by molar-refractivity contribution is -0.119. The Morgan fingerprint density at radius 2 is 2.14 bits per heavy atom. The van der Waals surface area contributed by atoms with Crippen LogP contribution in [0.4, 0.5) is 5.69 Å². The monoisotopic (exact) mass is 288 g/mol. The lowest BCUT2D eigenvalue weighted by Gasteiger charge is -2.34. The Bertz CT molecular complexity index is 517. The highest BCUT2D eigenvalue weighted by Crippen LogP contribution is 2.28. The number of likely N-dealkylation sites (tertiary alicyclic amines) is 1. The molecule has 1 fully saturated rings. The summed E-state index contributed by atoms with van der Waals surface area (Å²) < 4.78 is 0. The molecule has 2 atom stereocenters. The number of hydrogen-bond acceptors (Lipinski definition) is 3. The number of β-amino-alcohol motifs (C(OH)–C–C–N with tert-alkyl or cyclic N) is 1. The number of carbonyl (C=O) groups is 1. The molecule has 1 saturated heterocycles. The van der Waals surface area contributed by atoms with Crippen molar-refractivity contribution in [3.63, 3.8) is 0 Å². The van der Waals surface area contributed by atoms with Crippen molar-refractivity contribution < 1.29 is 9.90 Å². The average Bonchev–Trinajstić information content (AvgIpc) is 2.92. The van der Waals surface area contributed by atoms with Crippen molar-refractivity contribution >= 4 is 11.6 Å². The quantitative estimate of drug-likeness (QED) is 0.920. The standard InChI is InChI=1S/C17H24N2O2/c1-13-6-9-18(12-16(13)20)10-8-17(21)19-11-7-14-4-2-3-5-15(14)19/h2-5,13,16,20H,6-12H2,1H3. The van der Waals surface area contributed by atoms with Gasteiger partial charge in [0.15, 0.2) is 0 Å². The number of aliphatic hydroxyl groups excluding tert-OH is 1. The molecule has 1 aromatic carbocycles. The second-order valence-electron chi connectivity index (χ2n) is 6.31. The average molecular weight is 288 g/mol. The second-order valence-corrected chi connectivity index (χ2v) is 6.31. The molecule has 0 saturated carbocycles. The SMILES string of the molecule is CC1CCN(CCC(=O)N2CCc3ccccc32)CC1O. The van der Waals surface area contributed by atoms with Gasteiger partial charge < -0.3 is 14.9 Å². The van der Waals surface area contributed by atoms with E-state index >= 15 is 0 Å². The van der Waals surface area contributed by atoms with E-state index in [1.807, 2.05) is 23.1 Å². The molecule has 21 heavy (non-hydrogen) atoms. The van der Waals surface area contributed by atoms with Gasteiger partial charge >= 0.3 is 0 Å². The third-order valence-corrected chi connectivity index (χ3v) is 4.83. The highest BCUT2D eigenvalue weighted by atomic mass is 16.3. The Kier molecular flexibility index (Phi) is 4.27. The molecule has 2 aliphatic heterocycles. The number of aliphatic hydroxyl groups is 1. The van der Waals surface area contributed by atoms with Crippen LogP contribution in [0.5, 0.6) is 0 Å². The third kappa shape index (κ3) is 3.11. The van der Waals surface area contributed by atoms with Gasteiger partial charge in [0.1, 0.15) is 0 Å². The number of benzene rings is 1. The second kappa shape index (κ2) is 6.16. The summed E-state index contributed by atoms with van der Waals surface area (Å²) in [6.07, 6.45) is 2.26. The first-order chi connectivity index (χ1) is 10.1. The maximum absolute atomic E-state index is 12.4. The molecule has 2 aliphatic rings. The molecule has 2 heterocycles. The number of hydrogen-bond donors (Lipinski definition) is 1. The minimum Gasteiger partial charge on any atom is -0.392 e. The molecule has 1 aromatic rings.